The van der Waals surface area contributed by atoms with Gasteiger partial charge in [0.05, 0.1) is 17.2 Å². The number of nitrogens with one attached hydrogen (secondary N) is 1. The van der Waals surface area contributed by atoms with E-state index in [9.17, 15) is 9.59 Å². The smallest absolute Gasteiger partial charge is 0.319 e. The lowest BCUT2D eigenvalue weighted by Crippen LogP contribution is -2.36. The molecule has 1 aromatic heterocycles. The average Bonchev–Trinajstić information content (AvgIpc) is 2.95. The molecule has 1 aliphatic rings. The van der Waals surface area contributed by atoms with Crippen LogP contribution in [0.2, 0.25) is 0 Å². The van der Waals surface area contributed by atoms with Gasteiger partial charge in [0.15, 0.2) is 0 Å². The maximum atomic E-state index is 11.6. The van der Waals surface area contributed by atoms with Crippen molar-refractivity contribution in [3.63, 3.8) is 0 Å². The molecule has 0 unspecified atom stereocenters. The molecular formula is C10H12N2O3S. The van der Waals surface area contributed by atoms with E-state index >= 15 is 0 Å². The van der Waals surface area contributed by atoms with Crippen molar-refractivity contribution in [1.82, 2.24) is 10.3 Å². The molecule has 0 spiro atoms. The summed E-state index contributed by atoms with van der Waals surface area (Å²) in [5.41, 5.74) is -0.387. The lowest BCUT2D eigenvalue weighted by atomic mass is 10.1. The molecule has 2 N–H and O–H groups in total. The lowest BCUT2D eigenvalue weighted by molar-refractivity contribution is -0.149. The third kappa shape index (κ3) is 1.92. The number of amides is 1. The highest BCUT2D eigenvalue weighted by atomic mass is 32.1. The molecule has 0 aliphatic heterocycles. The highest BCUT2D eigenvalue weighted by molar-refractivity contribution is 7.09. The summed E-state index contributed by atoms with van der Waals surface area (Å²) in [5.74, 6) is -1.43. The minimum absolute atomic E-state index is 0.304. The summed E-state index contributed by atoms with van der Waals surface area (Å²) in [6, 6.07) is 0. The van der Waals surface area contributed by atoms with Crippen LogP contribution in [-0.2, 0) is 16.1 Å². The van der Waals surface area contributed by atoms with Crippen LogP contribution in [0.15, 0.2) is 5.38 Å². The fourth-order valence-corrected chi connectivity index (χ4v) is 2.11. The molecule has 2 rings (SSSR count). The van der Waals surface area contributed by atoms with Crippen molar-refractivity contribution in [1.29, 1.82) is 0 Å². The van der Waals surface area contributed by atoms with Crippen molar-refractivity contribution in [3.8, 4) is 0 Å². The van der Waals surface area contributed by atoms with Gasteiger partial charge in [-0.25, -0.2) is 4.98 Å². The predicted octanol–water partition coefficient (Wildman–Crippen LogP) is 0.933. The quantitative estimate of drug-likeness (QED) is 0.767. The Bertz CT molecular complexity index is 437. The Morgan fingerprint density at radius 3 is 2.75 bits per heavy atom. The molecule has 6 heteroatoms. The molecule has 0 aromatic carbocycles. The number of hydrogen-bond acceptors (Lipinski definition) is 4. The minimum Gasteiger partial charge on any atom is -0.480 e. The van der Waals surface area contributed by atoms with E-state index in [-0.39, 0.29) is 0 Å². The van der Waals surface area contributed by atoms with E-state index in [2.05, 4.69) is 10.3 Å². The van der Waals surface area contributed by atoms with E-state index in [0.29, 0.717) is 19.4 Å². The number of thiazole rings is 1. The first-order chi connectivity index (χ1) is 7.54. The fraction of sp³-hybridized carbons (Fsp3) is 0.500. The normalized spacial score (nSPS) is 16.8. The van der Waals surface area contributed by atoms with Crippen molar-refractivity contribution < 1.29 is 14.7 Å². The highest BCUT2D eigenvalue weighted by Gasteiger charge is 2.56. The zero-order chi connectivity index (χ0) is 11.8. The number of aliphatic carboxylic acids is 1. The predicted molar refractivity (Wildman–Crippen MR) is 58.0 cm³/mol. The van der Waals surface area contributed by atoms with Crippen LogP contribution in [-0.4, -0.2) is 22.0 Å². The Kier molecular flexibility index (Phi) is 2.67. The van der Waals surface area contributed by atoms with E-state index in [1.807, 2.05) is 12.3 Å². The topological polar surface area (TPSA) is 79.3 Å². The zero-order valence-electron chi connectivity index (χ0n) is 8.82. The maximum Gasteiger partial charge on any atom is 0.319 e. The SMILES string of the molecule is Cc1nc(CNC(=O)C2(C(=O)O)CC2)cs1. The summed E-state index contributed by atoms with van der Waals surface area (Å²) in [6.45, 7) is 2.19. The molecule has 0 atom stereocenters. The van der Waals surface area contributed by atoms with Crippen LogP contribution in [0.5, 0.6) is 0 Å². The first-order valence-corrected chi connectivity index (χ1v) is 5.85. The molecule has 16 heavy (non-hydrogen) atoms. The molecule has 5 nitrogen and oxygen atoms in total. The number of carboxylic acids is 1. The van der Waals surface area contributed by atoms with E-state index in [0.717, 1.165) is 10.7 Å². The summed E-state index contributed by atoms with van der Waals surface area (Å²) in [5, 5.41) is 14.3. The largest absolute Gasteiger partial charge is 0.480 e. The van der Waals surface area contributed by atoms with Crippen LogP contribution in [0.3, 0.4) is 0 Å². The Labute approximate surface area is 96.5 Å². The van der Waals surface area contributed by atoms with Crippen molar-refractivity contribution in [2.75, 3.05) is 0 Å². The summed E-state index contributed by atoms with van der Waals surface area (Å²) < 4.78 is 0. The van der Waals surface area contributed by atoms with E-state index in [4.69, 9.17) is 5.11 Å². The molecular weight excluding hydrogens is 228 g/mol. The zero-order valence-corrected chi connectivity index (χ0v) is 9.63. The number of rotatable bonds is 4. The number of aryl methyl sites for hydroxylation is 1. The summed E-state index contributed by atoms with van der Waals surface area (Å²) in [4.78, 5) is 26.7. The van der Waals surface area contributed by atoms with Crippen molar-refractivity contribution in [3.05, 3.63) is 16.1 Å². The molecule has 1 fully saturated rings. The molecule has 1 amide bonds. The number of hydrogen-bond donors (Lipinski definition) is 2. The van der Waals surface area contributed by atoms with Gasteiger partial charge in [0, 0.05) is 5.38 Å². The van der Waals surface area contributed by atoms with E-state index in [1.54, 1.807) is 0 Å². The van der Waals surface area contributed by atoms with E-state index in [1.165, 1.54) is 11.3 Å². The van der Waals surface area contributed by atoms with Crippen LogP contribution < -0.4 is 5.32 Å². The summed E-state index contributed by atoms with van der Waals surface area (Å²) >= 11 is 1.51. The second-order valence-electron chi connectivity index (χ2n) is 3.93. The molecule has 1 aromatic rings. The number of carbonyl (C=O) groups is 2. The van der Waals surface area contributed by atoms with Gasteiger partial charge >= 0.3 is 5.97 Å². The monoisotopic (exact) mass is 240 g/mol. The summed E-state index contributed by atoms with van der Waals surface area (Å²) in [7, 11) is 0. The molecule has 1 heterocycles. The molecule has 1 saturated carbocycles. The third-order valence-corrected chi connectivity index (χ3v) is 3.51. The Hall–Kier alpha value is -1.43. The van der Waals surface area contributed by atoms with Crippen LogP contribution >= 0.6 is 11.3 Å². The Morgan fingerprint density at radius 2 is 2.31 bits per heavy atom. The van der Waals surface area contributed by atoms with Crippen LogP contribution in [0, 0.1) is 12.3 Å². The van der Waals surface area contributed by atoms with Gasteiger partial charge in [-0.1, -0.05) is 0 Å². The standard InChI is InChI=1S/C10H12N2O3S/c1-6-12-7(5-16-6)4-11-8(13)10(2-3-10)9(14)15/h5H,2-4H2,1H3,(H,11,13)(H,14,15). The number of carbonyl (C=O) groups excluding carboxylic acids is 1. The van der Waals surface area contributed by atoms with Crippen molar-refractivity contribution in [2.45, 2.75) is 26.3 Å². The summed E-state index contributed by atoms with van der Waals surface area (Å²) in [6.07, 6.45) is 0.870. The van der Waals surface area contributed by atoms with Gasteiger partial charge < -0.3 is 10.4 Å². The lowest BCUT2D eigenvalue weighted by Gasteiger charge is -2.09. The number of carboxylic acid groups (broad SMARTS) is 1. The van der Waals surface area contributed by atoms with Crippen molar-refractivity contribution in [2.24, 2.45) is 5.41 Å². The van der Waals surface area contributed by atoms with Crippen LogP contribution in [0.25, 0.3) is 0 Å². The van der Waals surface area contributed by atoms with Crippen LogP contribution in [0.4, 0.5) is 0 Å². The van der Waals surface area contributed by atoms with Gasteiger partial charge in [0.1, 0.15) is 5.41 Å². The fourth-order valence-electron chi connectivity index (χ4n) is 1.49. The first-order valence-electron chi connectivity index (χ1n) is 4.97. The Morgan fingerprint density at radius 1 is 1.62 bits per heavy atom. The van der Waals surface area contributed by atoms with Gasteiger partial charge in [-0.2, -0.15) is 0 Å². The average molecular weight is 240 g/mol. The highest BCUT2D eigenvalue weighted by Crippen LogP contribution is 2.46. The van der Waals surface area contributed by atoms with Gasteiger partial charge in [-0.05, 0) is 19.8 Å². The molecule has 0 bridgehead atoms. The molecule has 1 aliphatic carbocycles. The van der Waals surface area contributed by atoms with Gasteiger partial charge in [-0.15, -0.1) is 11.3 Å². The Balaban J connectivity index is 1.92. The van der Waals surface area contributed by atoms with Crippen LogP contribution in [0.1, 0.15) is 23.5 Å². The molecule has 0 radical (unpaired) electrons. The molecule has 0 saturated heterocycles. The van der Waals surface area contributed by atoms with Crippen molar-refractivity contribution >= 4 is 23.2 Å². The minimum atomic E-state index is -1.16. The number of nitrogens with zero attached hydrogens (tertiary/aromatic N) is 1. The van der Waals surface area contributed by atoms with Gasteiger partial charge in [0.2, 0.25) is 5.91 Å². The second kappa shape index (κ2) is 3.86. The van der Waals surface area contributed by atoms with Gasteiger partial charge in [0.25, 0.3) is 0 Å². The van der Waals surface area contributed by atoms with Gasteiger partial charge in [-0.3, -0.25) is 9.59 Å². The third-order valence-electron chi connectivity index (χ3n) is 2.69. The molecule has 86 valence electrons. The first kappa shape index (κ1) is 11.1. The van der Waals surface area contributed by atoms with E-state index < -0.39 is 17.3 Å². The number of aromatic nitrogens is 1. The maximum absolute atomic E-state index is 11.6. The second-order valence-corrected chi connectivity index (χ2v) is 4.99.